The first kappa shape index (κ1) is 12.7. The Kier molecular flexibility index (Phi) is 3.81. The standard InChI is InChI=1S/C16H12N2O/c1-12-2-5-14(10-17)15(8-12)9-13-3-6-16(7-4-13)19-11-18/h2-8H,9H2,1H3. The van der Waals surface area contributed by atoms with Crippen LogP contribution in [0.4, 0.5) is 0 Å². The summed E-state index contributed by atoms with van der Waals surface area (Å²) in [7, 11) is 0. The number of hydrogen-bond donors (Lipinski definition) is 0. The van der Waals surface area contributed by atoms with Gasteiger partial charge in [0.15, 0.2) is 0 Å². The molecule has 0 amide bonds. The van der Waals surface area contributed by atoms with E-state index < -0.39 is 0 Å². The van der Waals surface area contributed by atoms with Gasteiger partial charge in [0.2, 0.25) is 0 Å². The van der Waals surface area contributed by atoms with Crippen molar-refractivity contribution >= 4 is 0 Å². The van der Waals surface area contributed by atoms with Gasteiger partial charge in [-0.15, -0.1) is 5.26 Å². The van der Waals surface area contributed by atoms with E-state index in [0.717, 1.165) is 16.7 Å². The maximum atomic E-state index is 9.10. The van der Waals surface area contributed by atoms with Gasteiger partial charge < -0.3 is 4.74 Å². The molecule has 2 aromatic rings. The van der Waals surface area contributed by atoms with Crippen LogP contribution < -0.4 is 4.74 Å². The Hall–Kier alpha value is -2.78. The molecule has 0 saturated heterocycles. The van der Waals surface area contributed by atoms with Crippen molar-refractivity contribution < 1.29 is 4.74 Å². The van der Waals surface area contributed by atoms with Crippen LogP contribution in [-0.4, -0.2) is 0 Å². The molecule has 19 heavy (non-hydrogen) atoms. The minimum atomic E-state index is 0.524. The predicted molar refractivity (Wildman–Crippen MR) is 71.4 cm³/mol. The van der Waals surface area contributed by atoms with Crippen LogP contribution in [0.5, 0.6) is 5.75 Å². The molecular weight excluding hydrogens is 236 g/mol. The maximum absolute atomic E-state index is 9.10. The molecule has 0 heterocycles. The zero-order chi connectivity index (χ0) is 13.7. The molecular formula is C16H12N2O. The van der Waals surface area contributed by atoms with E-state index in [0.29, 0.717) is 17.7 Å². The predicted octanol–water partition coefficient (Wildman–Crippen LogP) is 3.32. The first-order valence-electron chi connectivity index (χ1n) is 5.87. The minimum absolute atomic E-state index is 0.524. The van der Waals surface area contributed by atoms with Crippen LogP contribution in [0.3, 0.4) is 0 Å². The summed E-state index contributed by atoms with van der Waals surface area (Å²) in [5, 5.41) is 17.5. The van der Waals surface area contributed by atoms with Gasteiger partial charge in [-0.25, -0.2) is 0 Å². The zero-order valence-corrected chi connectivity index (χ0v) is 10.6. The SMILES string of the molecule is Cc1ccc(C#N)c(Cc2ccc(OC#N)cc2)c1. The fraction of sp³-hybridized carbons (Fsp3) is 0.125. The summed E-state index contributed by atoms with van der Waals surface area (Å²) in [5.74, 6) is 0.524. The van der Waals surface area contributed by atoms with Crippen molar-refractivity contribution in [3.63, 3.8) is 0 Å². The van der Waals surface area contributed by atoms with Gasteiger partial charge >= 0.3 is 0 Å². The van der Waals surface area contributed by atoms with Gasteiger partial charge in [0, 0.05) is 0 Å². The monoisotopic (exact) mass is 248 g/mol. The second-order valence-electron chi connectivity index (χ2n) is 4.29. The molecule has 3 nitrogen and oxygen atoms in total. The van der Waals surface area contributed by atoms with E-state index in [2.05, 4.69) is 6.07 Å². The molecule has 0 fully saturated rings. The summed E-state index contributed by atoms with van der Waals surface area (Å²) in [6, 6.07) is 15.3. The third-order valence-electron chi connectivity index (χ3n) is 2.86. The quantitative estimate of drug-likeness (QED) is 0.783. The van der Waals surface area contributed by atoms with Crippen LogP contribution in [0.1, 0.15) is 22.3 Å². The average Bonchev–Trinajstić information content (AvgIpc) is 2.42. The molecule has 0 aliphatic heterocycles. The lowest BCUT2D eigenvalue weighted by Gasteiger charge is -2.06. The molecule has 0 spiro atoms. The topological polar surface area (TPSA) is 56.8 Å². The van der Waals surface area contributed by atoms with Crippen molar-refractivity contribution in [2.24, 2.45) is 0 Å². The van der Waals surface area contributed by atoms with E-state index >= 15 is 0 Å². The summed E-state index contributed by atoms with van der Waals surface area (Å²) >= 11 is 0. The molecule has 2 aromatic carbocycles. The lowest BCUT2D eigenvalue weighted by atomic mass is 9.98. The van der Waals surface area contributed by atoms with Crippen LogP contribution in [0.15, 0.2) is 42.5 Å². The lowest BCUT2D eigenvalue weighted by Crippen LogP contribution is -1.93. The van der Waals surface area contributed by atoms with Gasteiger partial charge in [-0.2, -0.15) is 5.26 Å². The van der Waals surface area contributed by atoms with Crippen LogP contribution in [0.25, 0.3) is 0 Å². The van der Waals surface area contributed by atoms with Gasteiger partial charge in [0.1, 0.15) is 5.75 Å². The van der Waals surface area contributed by atoms with Crippen molar-refractivity contribution in [3.05, 3.63) is 64.7 Å². The van der Waals surface area contributed by atoms with E-state index in [4.69, 9.17) is 15.3 Å². The second-order valence-corrected chi connectivity index (χ2v) is 4.29. The summed E-state index contributed by atoms with van der Waals surface area (Å²) in [6.45, 7) is 2.01. The number of ether oxygens (including phenoxy) is 1. The van der Waals surface area contributed by atoms with E-state index in [1.165, 1.54) is 0 Å². The molecule has 0 saturated carbocycles. The van der Waals surface area contributed by atoms with Crippen molar-refractivity contribution in [3.8, 4) is 18.1 Å². The first-order chi connectivity index (χ1) is 9.22. The highest BCUT2D eigenvalue weighted by Crippen LogP contribution is 2.18. The van der Waals surface area contributed by atoms with Crippen LogP contribution in [-0.2, 0) is 6.42 Å². The molecule has 0 bridgehead atoms. The average molecular weight is 248 g/mol. The largest absolute Gasteiger partial charge is 0.388 e. The van der Waals surface area contributed by atoms with E-state index in [-0.39, 0.29) is 0 Å². The normalized spacial score (nSPS) is 9.42. The summed E-state index contributed by atoms with van der Waals surface area (Å²) < 4.78 is 4.73. The number of nitriles is 2. The highest BCUT2D eigenvalue weighted by molar-refractivity contribution is 5.43. The molecule has 3 heteroatoms. The highest BCUT2D eigenvalue weighted by atomic mass is 16.5. The summed E-state index contributed by atoms with van der Waals surface area (Å²) in [6.07, 6.45) is 2.33. The number of nitrogens with zero attached hydrogens (tertiary/aromatic N) is 2. The van der Waals surface area contributed by atoms with Gasteiger partial charge in [-0.05, 0) is 42.7 Å². The smallest absolute Gasteiger partial charge is 0.292 e. The Morgan fingerprint density at radius 3 is 2.42 bits per heavy atom. The third-order valence-corrected chi connectivity index (χ3v) is 2.86. The number of rotatable bonds is 3. The van der Waals surface area contributed by atoms with Crippen molar-refractivity contribution in [2.45, 2.75) is 13.3 Å². The van der Waals surface area contributed by atoms with Crippen molar-refractivity contribution in [2.75, 3.05) is 0 Å². The van der Waals surface area contributed by atoms with E-state index in [9.17, 15) is 0 Å². The van der Waals surface area contributed by atoms with Crippen LogP contribution in [0, 0.1) is 29.8 Å². The first-order valence-corrected chi connectivity index (χ1v) is 5.87. The zero-order valence-electron chi connectivity index (χ0n) is 10.6. The van der Waals surface area contributed by atoms with Crippen molar-refractivity contribution in [1.82, 2.24) is 0 Å². The molecule has 92 valence electrons. The molecule has 0 unspecified atom stereocenters. The summed E-state index contributed by atoms with van der Waals surface area (Å²) in [4.78, 5) is 0. The van der Waals surface area contributed by atoms with Gasteiger partial charge in [-0.3, -0.25) is 0 Å². The molecule has 0 atom stereocenters. The third kappa shape index (κ3) is 3.12. The van der Waals surface area contributed by atoms with Crippen LogP contribution >= 0.6 is 0 Å². The fourth-order valence-electron chi connectivity index (χ4n) is 1.93. The molecule has 0 aliphatic carbocycles. The highest BCUT2D eigenvalue weighted by Gasteiger charge is 2.04. The molecule has 2 rings (SSSR count). The molecule has 0 aliphatic rings. The van der Waals surface area contributed by atoms with E-state index in [1.807, 2.05) is 37.3 Å². The van der Waals surface area contributed by atoms with Crippen molar-refractivity contribution in [1.29, 1.82) is 10.5 Å². The Morgan fingerprint density at radius 2 is 1.79 bits per heavy atom. The maximum Gasteiger partial charge on any atom is 0.292 e. The van der Waals surface area contributed by atoms with E-state index in [1.54, 1.807) is 18.4 Å². The lowest BCUT2D eigenvalue weighted by molar-refractivity contribution is 0.507. The molecule has 0 aromatic heterocycles. The second kappa shape index (κ2) is 5.71. The Bertz CT molecular complexity index is 661. The Balaban J connectivity index is 2.24. The van der Waals surface area contributed by atoms with Crippen LogP contribution in [0.2, 0.25) is 0 Å². The minimum Gasteiger partial charge on any atom is -0.388 e. The molecule has 0 radical (unpaired) electrons. The number of aryl methyl sites for hydroxylation is 1. The molecule has 0 N–H and O–H groups in total. The number of benzene rings is 2. The summed E-state index contributed by atoms with van der Waals surface area (Å²) in [5.41, 5.74) is 3.92. The van der Waals surface area contributed by atoms with Gasteiger partial charge in [0.05, 0.1) is 11.6 Å². The van der Waals surface area contributed by atoms with Gasteiger partial charge in [-0.1, -0.05) is 29.8 Å². The Labute approximate surface area is 112 Å². The van der Waals surface area contributed by atoms with Gasteiger partial charge in [0.25, 0.3) is 6.26 Å². The fourth-order valence-corrected chi connectivity index (χ4v) is 1.93. The Morgan fingerprint density at radius 1 is 1.05 bits per heavy atom. The number of hydrogen-bond acceptors (Lipinski definition) is 3.